The van der Waals surface area contributed by atoms with E-state index < -0.39 is 0 Å². The van der Waals surface area contributed by atoms with Crippen LogP contribution in [0.3, 0.4) is 0 Å². The molecule has 0 unspecified atom stereocenters. The molecule has 1 atom stereocenters. The number of hydrogen-bond acceptors (Lipinski definition) is 2. The van der Waals surface area contributed by atoms with Gasteiger partial charge in [-0.1, -0.05) is 0 Å². The van der Waals surface area contributed by atoms with E-state index in [1.807, 2.05) is 6.92 Å². The highest BCUT2D eigenvalue weighted by Crippen LogP contribution is 2.07. The number of nitrogens with one attached hydrogen (secondary N) is 2. The SMILES string of the molecule is C[C@H]1CC(=O)NCC(C)(C)N1. The van der Waals surface area contributed by atoms with Crippen molar-refractivity contribution in [3.8, 4) is 0 Å². The number of carbonyl (C=O) groups excluding carboxylic acids is 1. The maximum absolute atomic E-state index is 11.0. The maximum atomic E-state index is 11.0. The molecule has 0 bridgehead atoms. The maximum Gasteiger partial charge on any atom is 0.221 e. The van der Waals surface area contributed by atoms with Crippen molar-refractivity contribution in [2.24, 2.45) is 0 Å². The zero-order valence-corrected chi connectivity index (χ0v) is 7.40. The highest BCUT2D eigenvalue weighted by atomic mass is 16.1. The Labute approximate surface area is 67.5 Å². The lowest BCUT2D eigenvalue weighted by Crippen LogP contribution is -2.47. The molecular formula is C8H16N2O. The van der Waals surface area contributed by atoms with Crippen LogP contribution in [0.15, 0.2) is 0 Å². The quantitative estimate of drug-likeness (QED) is 0.528. The first-order valence-electron chi connectivity index (χ1n) is 4.04. The average molecular weight is 156 g/mol. The summed E-state index contributed by atoms with van der Waals surface area (Å²) in [6, 6.07) is 0.285. The van der Waals surface area contributed by atoms with Crippen molar-refractivity contribution in [2.75, 3.05) is 6.54 Å². The highest BCUT2D eigenvalue weighted by molar-refractivity contribution is 5.76. The van der Waals surface area contributed by atoms with Gasteiger partial charge in [-0.15, -0.1) is 0 Å². The Morgan fingerprint density at radius 1 is 1.55 bits per heavy atom. The molecule has 3 nitrogen and oxygen atoms in total. The summed E-state index contributed by atoms with van der Waals surface area (Å²) in [6.45, 7) is 6.94. The van der Waals surface area contributed by atoms with E-state index in [1.54, 1.807) is 0 Å². The third-order valence-electron chi connectivity index (χ3n) is 1.86. The van der Waals surface area contributed by atoms with Gasteiger partial charge in [-0.05, 0) is 20.8 Å². The first-order valence-corrected chi connectivity index (χ1v) is 4.04. The Morgan fingerprint density at radius 2 is 2.18 bits per heavy atom. The zero-order chi connectivity index (χ0) is 8.48. The van der Waals surface area contributed by atoms with Gasteiger partial charge in [0.15, 0.2) is 0 Å². The van der Waals surface area contributed by atoms with Crippen molar-refractivity contribution in [1.82, 2.24) is 10.6 Å². The second kappa shape index (κ2) is 2.81. The van der Waals surface area contributed by atoms with Crippen LogP contribution in [0.2, 0.25) is 0 Å². The van der Waals surface area contributed by atoms with E-state index in [2.05, 4.69) is 24.5 Å². The molecule has 0 spiro atoms. The lowest BCUT2D eigenvalue weighted by atomic mass is 10.1. The van der Waals surface area contributed by atoms with Crippen molar-refractivity contribution in [3.63, 3.8) is 0 Å². The molecule has 1 amide bonds. The predicted octanol–water partition coefficient (Wildman–Crippen LogP) is 0.263. The second-order valence-electron chi connectivity index (χ2n) is 3.91. The van der Waals surface area contributed by atoms with Crippen LogP contribution in [0.25, 0.3) is 0 Å². The van der Waals surface area contributed by atoms with E-state index in [0.717, 1.165) is 6.54 Å². The summed E-state index contributed by atoms with van der Waals surface area (Å²) in [5, 5.41) is 6.23. The fraction of sp³-hybridized carbons (Fsp3) is 0.875. The molecule has 0 radical (unpaired) electrons. The van der Waals surface area contributed by atoms with Gasteiger partial charge in [0.2, 0.25) is 5.91 Å². The van der Waals surface area contributed by atoms with Crippen LogP contribution in [0.1, 0.15) is 27.2 Å². The van der Waals surface area contributed by atoms with Gasteiger partial charge in [-0.2, -0.15) is 0 Å². The first kappa shape index (κ1) is 8.53. The first-order chi connectivity index (χ1) is 4.99. The van der Waals surface area contributed by atoms with Gasteiger partial charge in [0.05, 0.1) is 0 Å². The Kier molecular flexibility index (Phi) is 2.18. The molecule has 0 saturated carbocycles. The fourth-order valence-electron chi connectivity index (χ4n) is 1.44. The monoisotopic (exact) mass is 156 g/mol. The molecule has 64 valence electrons. The van der Waals surface area contributed by atoms with Crippen molar-refractivity contribution in [1.29, 1.82) is 0 Å². The third kappa shape index (κ3) is 2.50. The van der Waals surface area contributed by atoms with Gasteiger partial charge >= 0.3 is 0 Å². The molecule has 0 aliphatic carbocycles. The van der Waals surface area contributed by atoms with E-state index in [1.165, 1.54) is 0 Å². The van der Waals surface area contributed by atoms with E-state index >= 15 is 0 Å². The molecule has 0 aromatic heterocycles. The minimum Gasteiger partial charge on any atom is -0.354 e. The number of rotatable bonds is 0. The summed E-state index contributed by atoms with van der Waals surface area (Å²) >= 11 is 0. The smallest absolute Gasteiger partial charge is 0.221 e. The fourth-order valence-corrected chi connectivity index (χ4v) is 1.44. The van der Waals surface area contributed by atoms with Crippen LogP contribution in [0, 0.1) is 0 Å². The predicted molar refractivity (Wildman–Crippen MR) is 44.3 cm³/mol. The summed E-state index contributed by atoms with van der Waals surface area (Å²) in [7, 11) is 0. The minimum absolute atomic E-state index is 0.0333. The van der Waals surface area contributed by atoms with Crippen molar-refractivity contribution >= 4 is 5.91 Å². The number of amides is 1. The van der Waals surface area contributed by atoms with Crippen LogP contribution in [-0.2, 0) is 4.79 Å². The van der Waals surface area contributed by atoms with E-state index in [9.17, 15) is 4.79 Å². The second-order valence-corrected chi connectivity index (χ2v) is 3.91. The largest absolute Gasteiger partial charge is 0.354 e. The van der Waals surface area contributed by atoms with Gasteiger partial charge in [0, 0.05) is 24.5 Å². The Hall–Kier alpha value is -0.570. The van der Waals surface area contributed by atoms with E-state index in [-0.39, 0.29) is 17.5 Å². The standard InChI is InChI=1S/C8H16N2O/c1-6-4-7(11)9-5-8(2,3)10-6/h6,10H,4-5H2,1-3H3,(H,9,11)/t6-/m0/s1. The van der Waals surface area contributed by atoms with Gasteiger partial charge in [0.1, 0.15) is 0 Å². The highest BCUT2D eigenvalue weighted by Gasteiger charge is 2.25. The van der Waals surface area contributed by atoms with E-state index in [4.69, 9.17) is 0 Å². The molecule has 1 aliphatic rings. The summed E-state index contributed by atoms with van der Waals surface area (Å²) in [5.41, 5.74) is 0.0333. The molecule has 1 rings (SSSR count). The topological polar surface area (TPSA) is 41.1 Å². The Morgan fingerprint density at radius 3 is 2.82 bits per heavy atom. The molecule has 1 fully saturated rings. The van der Waals surface area contributed by atoms with Crippen LogP contribution in [0.4, 0.5) is 0 Å². The molecule has 11 heavy (non-hydrogen) atoms. The normalized spacial score (nSPS) is 30.8. The minimum atomic E-state index is 0.0333. The average Bonchev–Trinajstić information content (AvgIpc) is 1.90. The van der Waals surface area contributed by atoms with Crippen LogP contribution >= 0.6 is 0 Å². The molecule has 1 aliphatic heterocycles. The summed E-state index contributed by atoms with van der Waals surface area (Å²) in [6.07, 6.45) is 0.587. The van der Waals surface area contributed by atoms with Crippen LogP contribution < -0.4 is 10.6 Å². The van der Waals surface area contributed by atoms with Gasteiger partial charge < -0.3 is 10.6 Å². The van der Waals surface area contributed by atoms with Crippen molar-refractivity contribution in [2.45, 2.75) is 38.8 Å². The Balaban J connectivity index is 2.60. The summed E-state index contributed by atoms with van der Waals surface area (Å²) in [4.78, 5) is 11.0. The van der Waals surface area contributed by atoms with Gasteiger partial charge in [-0.25, -0.2) is 0 Å². The lowest BCUT2D eigenvalue weighted by molar-refractivity contribution is -0.121. The molecule has 0 aromatic carbocycles. The molecule has 1 saturated heterocycles. The third-order valence-corrected chi connectivity index (χ3v) is 1.86. The van der Waals surface area contributed by atoms with Gasteiger partial charge in [-0.3, -0.25) is 4.79 Å². The van der Waals surface area contributed by atoms with Crippen LogP contribution in [-0.4, -0.2) is 24.0 Å². The lowest BCUT2D eigenvalue weighted by Gasteiger charge is -2.26. The molecule has 2 N–H and O–H groups in total. The number of carbonyl (C=O) groups is 1. The van der Waals surface area contributed by atoms with Crippen LogP contribution in [0.5, 0.6) is 0 Å². The Bertz CT molecular complexity index is 165. The van der Waals surface area contributed by atoms with Gasteiger partial charge in [0.25, 0.3) is 0 Å². The molecule has 3 heteroatoms. The number of hydrogen-bond donors (Lipinski definition) is 2. The van der Waals surface area contributed by atoms with E-state index in [0.29, 0.717) is 6.42 Å². The molecular weight excluding hydrogens is 140 g/mol. The molecule has 0 aromatic rings. The van der Waals surface area contributed by atoms with Crippen molar-refractivity contribution < 1.29 is 4.79 Å². The van der Waals surface area contributed by atoms with Crippen molar-refractivity contribution in [3.05, 3.63) is 0 Å². The zero-order valence-electron chi connectivity index (χ0n) is 7.40. The summed E-state index contributed by atoms with van der Waals surface area (Å²) in [5.74, 6) is 0.149. The molecule has 1 heterocycles. The summed E-state index contributed by atoms with van der Waals surface area (Å²) < 4.78 is 0.